The summed E-state index contributed by atoms with van der Waals surface area (Å²) in [7, 11) is 0. The van der Waals surface area contributed by atoms with Gasteiger partial charge >= 0.3 is 0 Å². The van der Waals surface area contributed by atoms with Crippen molar-refractivity contribution in [2.24, 2.45) is 0 Å². The molecule has 1 fully saturated rings. The summed E-state index contributed by atoms with van der Waals surface area (Å²) in [4.78, 5) is 0. The molecule has 78 valence electrons. The molecule has 0 aromatic heterocycles. The van der Waals surface area contributed by atoms with Crippen LogP contribution in [0.2, 0.25) is 0 Å². The predicted octanol–water partition coefficient (Wildman–Crippen LogP) is 1.90. The van der Waals surface area contributed by atoms with E-state index < -0.39 is 0 Å². The molecule has 0 radical (unpaired) electrons. The molecule has 0 bridgehead atoms. The van der Waals surface area contributed by atoms with E-state index in [0.717, 1.165) is 12.6 Å². The normalized spacial score (nSPS) is 27.2. The van der Waals surface area contributed by atoms with Gasteiger partial charge in [-0.25, -0.2) is 0 Å². The molecule has 0 aromatic rings. The molecule has 0 unspecified atom stereocenters. The van der Waals surface area contributed by atoms with E-state index >= 15 is 0 Å². The van der Waals surface area contributed by atoms with Crippen LogP contribution in [-0.4, -0.2) is 37.3 Å². The van der Waals surface area contributed by atoms with Crippen LogP contribution < -0.4 is 5.32 Å². The first-order valence-corrected chi connectivity index (χ1v) is 6.60. The van der Waals surface area contributed by atoms with Crippen LogP contribution >= 0.6 is 11.8 Å². The first-order valence-electron chi connectivity index (χ1n) is 5.20. The summed E-state index contributed by atoms with van der Waals surface area (Å²) < 4.78 is 5.49. The molecule has 0 aliphatic heterocycles. The van der Waals surface area contributed by atoms with E-state index in [1.807, 2.05) is 11.8 Å². The van der Waals surface area contributed by atoms with Gasteiger partial charge in [0.2, 0.25) is 0 Å². The average molecular weight is 203 g/mol. The minimum Gasteiger partial charge on any atom is -0.378 e. The summed E-state index contributed by atoms with van der Waals surface area (Å²) in [5.74, 6) is 1.27. The molecule has 1 N–H and O–H groups in total. The van der Waals surface area contributed by atoms with Gasteiger partial charge in [-0.3, -0.25) is 0 Å². The second-order valence-electron chi connectivity index (χ2n) is 3.55. The molecule has 13 heavy (non-hydrogen) atoms. The maximum atomic E-state index is 5.49. The van der Waals surface area contributed by atoms with Crippen molar-refractivity contribution in [1.29, 1.82) is 0 Å². The Morgan fingerprint density at radius 3 is 2.85 bits per heavy atom. The number of rotatable bonds is 7. The summed E-state index contributed by atoms with van der Waals surface area (Å²) in [6.07, 6.45) is 6.43. The maximum absolute atomic E-state index is 5.49. The summed E-state index contributed by atoms with van der Waals surface area (Å²) in [6, 6.07) is 0.735. The number of thioether (sulfide) groups is 1. The van der Waals surface area contributed by atoms with E-state index in [0.29, 0.717) is 6.10 Å². The Morgan fingerprint density at radius 2 is 2.23 bits per heavy atom. The highest BCUT2D eigenvalue weighted by Gasteiger charge is 2.28. The number of ether oxygens (including phenoxy) is 1. The fourth-order valence-corrected chi connectivity index (χ4v) is 2.06. The van der Waals surface area contributed by atoms with Crippen molar-refractivity contribution in [2.45, 2.75) is 38.3 Å². The lowest BCUT2D eigenvalue weighted by atomic mass is 9.89. The van der Waals surface area contributed by atoms with Gasteiger partial charge in [-0.2, -0.15) is 11.8 Å². The second-order valence-corrected chi connectivity index (χ2v) is 4.53. The van der Waals surface area contributed by atoms with Gasteiger partial charge in [-0.05, 0) is 44.7 Å². The van der Waals surface area contributed by atoms with Gasteiger partial charge in [0.25, 0.3) is 0 Å². The zero-order valence-electron chi connectivity index (χ0n) is 8.71. The topological polar surface area (TPSA) is 21.3 Å². The molecule has 1 rings (SSSR count). The first kappa shape index (κ1) is 11.3. The van der Waals surface area contributed by atoms with E-state index in [1.165, 1.54) is 31.6 Å². The predicted molar refractivity (Wildman–Crippen MR) is 59.4 cm³/mol. The van der Waals surface area contributed by atoms with Gasteiger partial charge < -0.3 is 10.1 Å². The van der Waals surface area contributed by atoms with Gasteiger partial charge in [0, 0.05) is 12.6 Å². The summed E-state index contributed by atoms with van der Waals surface area (Å²) >= 11 is 1.92. The van der Waals surface area contributed by atoms with Crippen molar-refractivity contribution < 1.29 is 4.74 Å². The van der Waals surface area contributed by atoms with Gasteiger partial charge in [-0.1, -0.05) is 0 Å². The third-order valence-corrected chi connectivity index (χ3v) is 3.15. The van der Waals surface area contributed by atoms with Crippen LogP contribution in [0.4, 0.5) is 0 Å². The zero-order valence-corrected chi connectivity index (χ0v) is 9.53. The molecule has 1 saturated carbocycles. The van der Waals surface area contributed by atoms with E-state index in [4.69, 9.17) is 4.74 Å². The Balaban J connectivity index is 1.84. The van der Waals surface area contributed by atoms with E-state index in [2.05, 4.69) is 18.5 Å². The molecule has 3 heteroatoms. The number of nitrogens with one attached hydrogen (secondary N) is 1. The van der Waals surface area contributed by atoms with Gasteiger partial charge in [0.05, 0.1) is 6.10 Å². The van der Waals surface area contributed by atoms with Crippen LogP contribution in [0.5, 0.6) is 0 Å². The first-order chi connectivity index (χ1) is 6.36. The maximum Gasteiger partial charge on any atom is 0.0604 e. The van der Waals surface area contributed by atoms with Crippen LogP contribution in [-0.2, 0) is 4.74 Å². The van der Waals surface area contributed by atoms with Crippen molar-refractivity contribution >= 4 is 11.8 Å². The highest BCUT2D eigenvalue weighted by atomic mass is 32.2. The molecule has 0 spiro atoms. The van der Waals surface area contributed by atoms with Gasteiger partial charge in [0.1, 0.15) is 0 Å². The number of hydrogen-bond donors (Lipinski definition) is 1. The average Bonchev–Trinajstić information content (AvgIpc) is 2.07. The quantitative estimate of drug-likeness (QED) is 0.639. The Labute approximate surface area is 85.8 Å². The smallest absolute Gasteiger partial charge is 0.0604 e. The SMILES string of the molecule is CCOC1CC(NCCCSC)C1. The van der Waals surface area contributed by atoms with Gasteiger partial charge in [-0.15, -0.1) is 0 Å². The van der Waals surface area contributed by atoms with Crippen molar-refractivity contribution in [3.63, 3.8) is 0 Å². The number of hydrogen-bond acceptors (Lipinski definition) is 3. The molecule has 0 heterocycles. The van der Waals surface area contributed by atoms with Crippen molar-refractivity contribution in [2.75, 3.05) is 25.2 Å². The molecule has 0 aromatic carbocycles. The van der Waals surface area contributed by atoms with Crippen molar-refractivity contribution in [1.82, 2.24) is 5.32 Å². The molecular formula is C10H21NOS. The van der Waals surface area contributed by atoms with Gasteiger partial charge in [0.15, 0.2) is 0 Å². The Bertz CT molecular complexity index is 126. The highest BCUT2D eigenvalue weighted by Crippen LogP contribution is 2.22. The second kappa shape index (κ2) is 6.68. The fraction of sp³-hybridized carbons (Fsp3) is 1.00. The van der Waals surface area contributed by atoms with Crippen molar-refractivity contribution in [3.8, 4) is 0 Å². The molecule has 2 nitrogen and oxygen atoms in total. The van der Waals surface area contributed by atoms with Crippen LogP contribution in [0.3, 0.4) is 0 Å². The molecule has 0 amide bonds. The largest absolute Gasteiger partial charge is 0.378 e. The Kier molecular flexibility index (Phi) is 5.83. The molecule has 1 aliphatic carbocycles. The summed E-state index contributed by atoms with van der Waals surface area (Å²) in [6.45, 7) is 4.10. The van der Waals surface area contributed by atoms with Crippen LogP contribution in [0.1, 0.15) is 26.2 Å². The highest BCUT2D eigenvalue weighted by molar-refractivity contribution is 7.98. The third-order valence-electron chi connectivity index (χ3n) is 2.46. The van der Waals surface area contributed by atoms with Crippen molar-refractivity contribution in [3.05, 3.63) is 0 Å². The lowest BCUT2D eigenvalue weighted by Crippen LogP contribution is -2.45. The van der Waals surface area contributed by atoms with Crippen LogP contribution in [0, 0.1) is 0 Å². The summed E-state index contributed by atoms with van der Waals surface area (Å²) in [5.41, 5.74) is 0. The minimum atomic E-state index is 0.544. The third kappa shape index (κ3) is 4.34. The Morgan fingerprint density at radius 1 is 1.46 bits per heavy atom. The van der Waals surface area contributed by atoms with E-state index in [1.54, 1.807) is 0 Å². The van der Waals surface area contributed by atoms with Crippen LogP contribution in [0.15, 0.2) is 0 Å². The minimum absolute atomic E-state index is 0.544. The molecule has 1 aliphatic rings. The standard InChI is InChI=1S/C10H21NOS/c1-3-12-10-7-9(8-10)11-5-4-6-13-2/h9-11H,3-8H2,1-2H3. The zero-order chi connectivity index (χ0) is 9.52. The van der Waals surface area contributed by atoms with E-state index in [-0.39, 0.29) is 0 Å². The lowest BCUT2D eigenvalue weighted by Gasteiger charge is -2.35. The fourth-order valence-electron chi connectivity index (χ4n) is 1.63. The van der Waals surface area contributed by atoms with E-state index in [9.17, 15) is 0 Å². The summed E-state index contributed by atoms with van der Waals surface area (Å²) in [5, 5.41) is 3.55. The lowest BCUT2D eigenvalue weighted by molar-refractivity contribution is -0.00964. The molecule has 0 saturated heterocycles. The molecular weight excluding hydrogens is 182 g/mol. The monoisotopic (exact) mass is 203 g/mol. The molecule has 0 atom stereocenters. The van der Waals surface area contributed by atoms with Crippen LogP contribution in [0.25, 0.3) is 0 Å². The Hall–Kier alpha value is 0.270.